The molecule has 0 spiro atoms. The van der Waals surface area contributed by atoms with Crippen molar-refractivity contribution in [1.82, 2.24) is 24.9 Å². The first kappa shape index (κ1) is 15.8. The van der Waals surface area contributed by atoms with Crippen molar-refractivity contribution in [2.45, 2.75) is 38.1 Å². The Kier molecular flexibility index (Phi) is 4.23. The summed E-state index contributed by atoms with van der Waals surface area (Å²) in [6, 6.07) is 9.44. The fraction of sp³-hybridized carbons (Fsp3) is 0.389. The summed E-state index contributed by atoms with van der Waals surface area (Å²) in [6.07, 6.45) is 6.45. The monoisotopic (exact) mass is 339 g/mol. The first-order chi connectivity index (χ1) is 12.2. The summed E-state index contributed by atoms with van der Waals surface area (Å²) in [7, 11) is 0. The van der Waals surface area contributed by atoms with Crippen LogP contribution in [0.25, 0.3) is 10.9 Å². The number of carbonyl (C=O) groups excluding carboxylic acids is 1. The Balaban J connectivity index is 1.34. The second kappa shape index (κ2) is 6.68. The fourth-order valence-corrected chi connectivity index (χ4v) is 3.59. The third kappa shape index (κ3) is 3.56. The number of aromatic nitrogens is 4. The van der Waals surface area contributed by atoms with E-state index in [1.807, 2.05) is 47.4 Å². The Morgan fingerprint density at radius 2 is 2.12 bits per heavy atom. The van der Waals surface area contributed by atoms with Crippen molar-refractivity contribution >= 4 is 16.8 Å². The van der Waals surface area contributed by atoms with Crippen LogP contribution in [0.3, 0.4) is 0 Å². The van der Waals surface area contributed by atoms with Crippen LogP contribution in [0.15, 0.2) is 48.9 Å². The van der Waals surface area contributed by atoms with Gasteiger partial charge in [-0.25, -0.2) is 0 Å². The number of carbonyl (C=O) groups is 1. The minimum absolute atomic E-state index is 0.128. The van der Waals surface area contributed by atoms with Crippen molar-refractivity contribution in [2.75, 3.05) is 0 Å². The molecule has 7 heteroatoms. The molecule has 1 fully saturated rings. The summed E-state index contributed by atoms with van der Waals surface area (Å²) >= 11 is 0. The smallest absolute Gasteiger partial charge is 0.242 e. The molecule has 25 heavy (non-hydrogen) atoms. The highest BCUT2D eigenvalue weighted by Gasteiger charge is 2.34. The quantitative estimate of drug-likeness (QED) is 0.731. The van der Waals surface area contributed by atoms with Gasteiger partial charge in [0.25, 0.3) is 0 Å². The molecule has 7 nitrogen and oxygen atoms in total. The summed E-state index contributed by atoms with van der Waals surface area (Å²) in [4.78, 5) is 12.3. The van der Waals surface area contributed by atoms with Gasteiger partial charge < -0.3 is 10.4 Å². The molecule has 1 unspecified atom stereocenters. The van der Waals surface area contributed by atoms with Gasteiger partial charge >= 0.3 is 0 Å². The van der Waals surface area contributed by atoms with Gasteiger partial charge in [-0.2, -0.15) is 10.2 Å². The summed E-state index contributed by atoms with van der Waals surface area (Å²) in [5, 5.41) is 22.8. The second-order valence-corrected chi connectivity index (χ2v) is 6.69. The van der Waals surface area contributed by atoms with Crippen LogP contribution in [0.2, 0.25) is 0 Å². The largest absolute Gasteiger partial charge is 0.391 e. The molecule has 2 N–H and O–H groups in total. The van der Waals surface area contributed by atoms with Crippen molar-refractivity contribution in [3.63, 3.8) is 0 Å². The van der Waals surface area contributed by atoms with Gasteiger partial charge in [0.15, 0.2) is 0 Å². The van der Waals surface area contributed by atoms with Crippen molar-refractivity contribution < 1.29 is 9.90 Å². The molecule has 0 saturated heterocycles. The van der Waals surface area contributed by atoms with Gasteiger partial charge in [-0.15, -0.1) is 0 Å². The average Bonchev–Trinajstić information content (AvgIpc) is 3.28. The lowest BCUT2D eigenvalue weighted by Gasteiger charge is -2.16. The number of aliphatic hydroxyl groups excluding tert-OH is 1. The van der Waals surface area contributed by atoms with Crippen LogP contribution < -0.4 is 5.32 Å². The van der Waals surface area contributed by atoms with Crippen molar-refractivity contribution in [2.24, 2.45) is 5.92 Å². The van der Waals surface area contributed by atoms with Crippen LogP contribution >= 0.6 is 0 Å². The maximum Gasteiger partial charge on any atom is 0.242 e. The van der Waals surface area contributed by atoms with E-state index in [4.69, 9.17) is 0 Å². The molecular weight excluding hydrogens is 318 g/mol. The highest BCUT2D eigenvalue weighted by molar-refractivity contribution is 5.80. The normalized spacial score (nSPS) is 23.2. The molecule has 0 aliphatic heterocycles. The Hall–Kier alpha value is -2.67. The molecule has 2 heterocycles. The lowest BCUT2D eigenvalue weighted by Crippen LogP contribution is -2.41. The Bertz CT molecular complexity index is 824. The number of amides is 1. The van der Waals surface area contributed by atoms with E-state index in [1.165, 1.54) is 0 Å². The van der Waals surface area contributed by atoms with E-state index >= 15 is 0 Å². The fourth-order valence-electron chi connectivity index (χ4n) is 3.59. The molecule has 2 aromatic heterocycles. The van der Waals surface area contributed by atoms with Crippen molar-refractivity contribution in [3.8, 4) is 0 Å². The molecule has 130 valence electrons. The third-order valence-electron chi connectivity index (χ3n) is 4.74. The summed E-state index contributed by atoms with van der Waals surface area (Å²) < 4.78 is 3.51. The SMILES string of the molecule is O=C(Cn1cc2ccccc2n1)N[C@@H]1CC(Cn2cccn2)C[C@H]1O. The zero-order chi connectivity index (χ0) is 17.2. The minimum atomic E-state index is -0.513. The molecule has 3 aromatic rings. The third-order valence-corrected chi connectivity index (χ3v) is 4.74. The molecule has 1 aromatic carbocycles. The summed E-state index contributed by atoms with van der Waals surface area (Å²) in [6.45, 7) is 0.919. The molecule has 1 amide bonds. The van der Waals surface area contributed by atoms with E-state index in [0.717, 1.165) is 23.9 Å². The number of benzene rings is 1. The van der Waals surface area contributed by atoms with E-state index in [9.17, 15) is 9.90 Å². The Morgan fingerprint density at radius 3 is 2.92 bits per heavy atom. The molecule has 0 bridgehead atoms. The molecule has 1 aliphatic carbocycles. The number of hydrogen-bond acceptors (Lipinski definition) is 4. The van der Waals surface area contributed by atoms with Crippen molar-refractivity contribution in [3.05, 3.63) is 48.9 Å². The summed E-state index contributed by atoms with van der Waals surface area (Å²) in [5.74, 6) is 0.184. The molecule has 1 saturated carbocycles. The van der Waals surface area contributed by atoms with Crippen LogP contribution in [0, 0.1) is 5.92 Å². The highest BCUT2D eigenvalue weighted by Crippen LogP contribution is 2.27. The first-order valence-corrected chi connectivity index (χ1v) is 8.54. The van der Waals surface area contributed by atoms with Gasteiger partial charge in [-0.3, -0.25) is 14.2 Å². The van der Waals surface area contributed by atoms with E-state index in [1.54, 1.807) is 10.9 Å². The number of nitrogens with one attached hydrogen (secondary N) is 1. The molecular formula is C18H21N5O2. The van der Waals surface area contributed by atoms with Gasteiger partial charge in [0.1, 0.15) is 6.54 Å². The van der Waals surface area contributed by atoms with Crippen LogP contribution in [0.5, 0.6) is 0 Å². The predicted octanol–water partition coefficient (Wildman–Crippen LogP) is 1.19. The minimum Gasteiger partial charge on any atom is -0.391 e. The predicted molar refractivity (Wildman–Crippen MR) is 92.6 cm³/mol. The molecule has 3 atom stereocenters. The van der Waals surface area contributed by atoms with E-state index < -0.39 is 6.10 Å². The Morgan fingerprint density at radius 1 is 1.24 bits per heavy atom. The number of hydrogen-bond donors (Lipinski definition) is 2. The average molecular weight is 339 g/mol. The van der Waals surface area contributed by atoms with Gasteiger partial charge in [0.2, 0.25) is 5.91 Å². The van der Waals surface area contributed by atoms with Gasteiger partial charge in [-0.1, -0.05) is 18.2 Å². The number of aliphatic hydroxyl groups is 1. The Labute approximate surface area is 145 Å². The van der Waals surface area contributed by atoms with E-state index in [-0.39, 0.29) is 18.5 Å². The highest BCUT2D eigenvalue weighted by atomic mass is 16.3. The van der Waals surface area contributed by atoms with E-state index in [0.29, 0.717) is 12.3 Å². The summed E-state index contributed by atoms with van der Waals surface area (Å²) in [5.41, 5.74) is 0.871. The van der Waals surface area contributed by atoms with Crippen LogP contribution in [-0.4, -0.2) is 42.7 Å². The number of rotatable bonds is 5. The lowest BCUT2D eigenvalue weighted by atomic mass is 10.1. The first-order valence-electron chi connectivity index (χ1n) is 8.54. The number of fused-ring (bicyclic) bond motifs is 1. The standard InChI is InChI=1S/C18H21N5O2/c24-17-9-13(10-22-7-3-6-19-22)8-16(17)20-18(25)12-23-11-14-4-1-2-5-15(14)21-23/h1-7,11,13,16-17,24H,8-10,12H2,(H,20,25)/t13?,16-,17-/m1/s1. The van der Waals surface area contributed by atoms with Crippen molar-refractivity contribution in [1.29, 1.82) is 0 Å². The van der Waals surface area contributed by atoms with Gasteiger partial charge in [0, 0.05) is 30.5 Å². The van der Waals surface area contributed by atoms with Crippen LogP contribution in [0.1, 0.15) is 12.8 Å². The zero-order valence-corrected chi connectivity index (χ0v) is 13.8. The second-order valence-electron chi connectivity index (χ2n) is 6.69. The van der Waals surface area contributed by atoms with Gasteiger partial charge in [-0.05, 0) is 30.9 Å². The van der Waals surface area contributed by atoms with Gasteiger partial charge in [0.05, 0.1) is 17.7 Å². The number of nitrogens with zero attached hydrogens (tertiary/aromatic N) is 4. The lowest BCUT2D eigenvalue weighted by molar-refractivity contribution is -0.123. The molecule has 0 radical (unpaired) electrons. The zero-order valence-electron chi connectivity index (χ0n) is 13.8. The topological polar surface area (TPSA) is 85.0 Å². The molecule has 1 aliphatic rings. The maximum atomic E-state index is 12.3. The van der Waals surface area contributed by atoms with E-state index in [2.05, 4.69) is 15.5 Å². The van der Waals surface area contributed by atoms with Crippen LogP contribution in [0.4, 0.5) is 0 Å². The maximum absolute atomic E-state index is 12.3. The van der Waals surface area contributed by atoms with Crippen LogP contribution in [-0.2, 0) is 17.9 Å². The molecule has 4 rings (SSSR count).